The minimum Gasteiger partial charge on any atom is -0.396 e. The first-order valence-corrected chi connectivity index (χ1v) is 8.72. The SMILES string of the molecule is CC(C)(C)NS(=O)(=O)c1ccc([C@@H]2[C@@H](CO)C2(C)C)cc1. The van der Waals surface area contributed by atoms with Gasteiger partial charge in [-0.1, -0.05) is 26.0 Å². The second-order valence-corrected chi connectivity index (χ2v) is 9.20. The number of sulfonamides is 1. The van der Waals surface area contributed by atoms with Crippen LogP contribution >= 0.6 is 0 Å². The fourth-order valence-electron chi connectivity index (χ4n) is 3.06. The fourth-order valence-corrected chi connectivity index (χ4v) is 4.48. The molecule has 1 aromatic rings. The highest BCUT2D eigenvalue weighted by molar-refractivity contribution is 7.89. The minimum absolute atomic E-state index is 0.0821. The topological polar surface area (TPSA) is 66.4 Å². The van der Waals surface area contributed by atoms with E-state index in [0.717, 1.165) is 5.56 Å². The average Bonchev–Trinajstić information content (AvgIpc) is 2.88. The van der Waals surface area contributed by atoms with Crippen molar-refractivity contribution in [3.63, 3.8) is 0 Å². The number of hydrogen-bond donors (Lipinski definition) is 2. The van der Waals surface area contributed by atoms with E-state index >= 15 is 0 Å². The first-order valence-electron chi connectivity index (χ1n) is 7.24. The molecule has 5 heteroatoms. The lowest BCUT2D eigenvalue weighted by molar-refractivity contribution is 0.256. The average molecular weight is 311 g/mol. The Balaban J connectivity index is 2.21. The Labute approximate surface area is 127 Å². The monoisotopic (exact) mass is 311 g/mol. The zero-order chi connectivity index (χ0) is 16.1. The van der Waals surface area contributed by atoms with Crippen molar-refractivity contribution in [1.29, 1.82) is 0 Å². The Kier molecular flexibility index (Phi) is 3.98. The maximum atomic E-state index is 12.2. The van der Waals surface area contributed by atoms with E-state index in [0.29, 0.717) is 5.92 Å². The van der Waals surface area contributed by atoms with E-state index in [2.05, 4.69) is 18.6 Å². The lowest BCUT2D eigenvalue weighted by Crippen LogP contribution is -2.40. The van der Waals surface area contributed by atoms with E-state index in [1.807, 2.05) is 32.9 Å². The van der Waals surface area contributed by atoms with Crippen LogP contribution in [0.5, 0.6) is 0 Å². The maximum absolute atomic E-state index is 12.2. The standard InChI is InChI=1S/C16H25NO3S/c1-15(2,3)17-21(19,20)12-8-6-11(7-9-12)14-13(10-18)16(14,4)5/h6-9,13-14,17-18H,10H2,1-5H3/t13-,14-/m1/s1. The molecule has 2 atom stereocenters. The summed E-state index contributed by atoms with van der Waals surface area (Å²) in [5.74, 6) is 0.558. The smallest absolute Gasteiger partial charge is 0.241 e. The third-order valence-electron chi connectivity index (χ3n) is 4.24. The Morgan fingerprint density at radius 2 is 1.71 bits per heavy atom. The van der Waals surface area contributed by atoms with Gasteiger partial charge in [-0.15, -0.1) is 0 Å². The van der Waals surface area contributed by atoms with Crippen LogP contribution in [0.4, 0.5) is 0 Å². The zero-order valence-electron chi connectivity index (χ0n) is 13.3. The number of benzene rings is 1. The van der Waals surface area contributed by atoms with Gasteiger partial charge in [-0.05, 0) is 55.7 Å². The van der Waals surface area contributed by atoms with Gasteiger partial charge in [0, 0.05) is 12.1 Å². The van der Waals surface area contributed by atoms with Gasteiger partial charge >= 0.3 is 0 Å². The van der Waals surface area contributed by atoms with E-state index < -0.39 is 15.6 Å². The molecule has 1 aromatic carbocycles. The molecule has 4 nitrogen and oxygen atoms in total. The van der Waals surface area contributed by atoms with Gasteiger partial charge in [0.1, 0.15) is 0 Å². The minimum atomic E-state index is -3.49. The predicted molar refractivity (Wildman–Crippen MR) is 83.6 cm³/mol. The second kappa shape index (κ2) is 5.07. The van der Waals surface area contributed by atoms with Gasteiger partial charge in [-0.3, -0.25) is 0 Å². The predicted octanol–water partition coefficient (Wildman–Crippen LogP) is 2.50. The van der Waals surface area contributed by atoms with Crippen LogP contribution in [-0.4, -0.2) is 25.7 Å². The second-order valence-electron chi connectivity index (χ2n) is 7.51. The van der Waals surface area contributed by atoms with Crippen molar-refractivity contribution < 1.29 is 13.5 Å². The van der Waals surface area contributed by atoms with Gasteiger partial charge in [0.15, 0.2) is 0 Å². The van der Waals surface area contributed by atoms with Crippen molar-refractivity contribution in [3.05, 3.63) is 29.8 Å². The van der Waals surface area contributed by atoms with Crippen molar-refractivity contribution in [2.45, 2.75) is 51.0 Å². The van der Waals surface area contributed by atoms with E-state index in [1.165, 1.54) is 0 Å². The Hall–Kier alpha value is -0.910. The molecule has 21 heavy (non-hydrogen) atoms. The molecular formula is C16H25NO3S. The number of aliphatic hydroxyl groups excluding tert-OH is 1. The van der Waals surface area contributed by atoms with Crippen LogP contribution in [0.3, 0.4) is 0 Å². The molecule has 2 rings (SSSR count). The molecule has 1 fully saturated rings. The van der Waals surface area contributed by atoms with Crippen LogP contribution in [0.15, 0.2) is 29.2 Å². The Bertz CT molecular complexity index is 612. The van der Waals surface area contributed by atoms with Crippen LogP contribution < -0.4 is 4.72 Å². The highest BCUT2D eigenvalue weighted by Gasteiger charge is 2.57. The summed E-state index contributed by atoms with van der Waals surface area (Å²) < 4.78 is 27.1. The number of aliphatic hydroxyl groups is 1. The lowest BCUT2D eigenvalue weighted by Gasteiger charge is -2.20. The highest BCUT2D eigenvalue weighted by atomic mass is 32.2. The van der Waals surface area contributed by atoms with E-state index in [-0.39, 0.29) is 22.8 Å². The molecule has 0 aliphatic heterocycles. The van der Waals surface area contributed by atoms with E-state index in [4.69, 9.17) is 0 Å². The molecule has 0 heterocycles. The summed E-state index contributed by atoms with van der Waals surface area (Å²) in [6.07, 6.45) is 0. The summed E-state index contributed by atoms with van der Waals surface area (Å²) >= 11 is 0. The van der Waals surface area contributed by atoms with E-state index in [1.54, 1.807) is 12.1 Å². The van der Waals surface area contributed by atoms with Crippen molar-refractivity contribution >= 4 is 10.0 Å². The summed E-state index contributed by atoms with van der Waals surface area (Å²) in [5.41, 5.74) is 0.672. The summed E-state index contributed by atoms with van der Waals surface area (Å²) in [4.78, 5) is 0.278. The van der Waals surface area contributed by atoms with Crippen LogP contribution in [0.1, 0.15) is 46.1 Å². The normalized spacial score (nSPS) is 24.9. The van der Waals surface area contributed by atoms with Crippen molar-refractivity contribution in [3.8, 4) is 0 Å². The summed E-state index contributed by atoms with van der Waals surface area (Å²) in [6, 6.07) is 7.01. The van der Waals surface area contributed by atoms with Gasteiger partial charge in [0.05, 0.1) is 4.90 Å². The molecule has 0 unspecified atom stereocenters. The van der Waals surface area contributed by atoms with Gasteiger partial charge < -0.3 is 5.11 Å². The van der Waals surface area contributed by atoms with Gasteiger partial charge in [0.2, 0.25) is 10.0 Å². The van der Waals surface area contributed by atoms with Crippen molar-refractivity contribution in [1.82, 2.24) is 4.72 Å². The largest absolute Gasteiger partial charge is 0.396 e. The van der Waals surface area contributed by atoms with Gasteiger partial charge in [0.25, 0.3) is 0 Å². The van der Waals surface area contributed by atoms with E-state index in [9.17, 15) is 13.5 Å². The summed E-state index contributed by atoms with van der Waals surface area (Å²) in [6.45, 7) is 9.88. The first-order chi connectivity index (χ1) is 9.49. The number of hydrogen-bond acceptors (Lipinski definition) is 3. The molecule has 1 aliphatic carbocycles. The van der Waals surface area contributed by atoms with Gasteiger partial charge in [-0.25, -0.2) is 13.1 Å². The third kappa shape index (κ3) is 3.30. The van der Waals surface area contributed by atoms with Crippen molar-refractivity contribution in [2.24, 2.45) is 11.3 Å². The molecular weight excluding hydrogens is 286 g/mol. The van der Waals surface area contributed by atoms with Crippen LogP contribution in [-0.2, 0) is 10.0 Å². The van der Waals surface area contributed by atoms with Crippen LogP contribution in [0.2, 0.25) is 0 Å². The number of rotatable bonds is 4. The van der Waals surface area contributed by atoms with Crippen LogP contribution in [0.25, 0.3) is 0 Å². The highest BCUT2D eigenvalue weighted by Crippen LogP contribution is 2.63. The summed E-state index contributed by atoms with van der Waals surface area (Å²) in [5, 5.41) is 9.38. The van der Waals surface area contributed by atoms with Gasteiger partial charge in [-0.2, -0.15) is 0 Å². The maximum Gasteiger partial charge on any atom is 0.241 e. The van der Waals surface area contributed by atoms with Crippen molar-refractivity contribution in [2.75, 3.05) is 6.61 Å². The molecule has 0 radical (unpaired) electrons. The Morgan fingerprint density at radius 1 is 1.19 bits per heavy atom. The molecule has 0 spiro atoms. The molecule has 0 saturated heterocycles. The molecule has 1 aliphatic rings. The zero-order valence-corrected chi connectivity index (χ0v) is 14.2. The molecule has 0 amide bonds. The van der Waals surface area contributed by atoms with Crippen LogP contribution in [0, 0.1) is 11.3 Å². The third-order valence-corrected chi connectivity index (χ3v) is 6.01. The quantitative estimate of drug-likeness (QED) is 0.898. The molecule has 1 saturated carbocycles. The lowest BCUT2D eigenvalue weighted by atomic mass is 10.0. The molecule has 0 aromatic heterocycles. The molecule has 2 N–H and O–H groups in total. The molecule has 118 valence electrons. The number of nitrogens with one attached hydrogen (secondary N) is 1. The summed E-state index contributed by atoms with van der Waals surface area (Å²) in [7, 11) is -3.49. The Morgan fingerprint density at radius 3 is 2.10 bits per heavy atom. The fraction of sp³-hybridized carbons (Fsp3) is 0.625. The first kappa shape index (κ1) is 16.5. The molecule has 0 bridgehead atoms.